The van der Waals surface area contributed by atoms with Crippen molar-refractivity contribution in [3.05, 3.63) is 51.0 Å². The topological polar surface area (TPSA) is 83.5 Å². The van der Waals surface area contributed by atoms with Crippen LogP contribution in [0.1, 0.15) is 42.3 Å². The van der Waals surface area contributed by atoms with Crippen molar-refractivity contribution in [2.24, 2.45) is 0 Å². The van der Waals surface area contributed by atoms with Crippen molar-refractivity contribution >= 4 is 44.6 Å². The first-order valence-electron chi connectivity index (χ1n) is 8.43. The molecule has 2 rings (SSSR count). The average Bonchev–Trinajstić information content (AvgIpc) is 2.58. The minimum absolute atomic E-state index is 0.129. The molecule has 2 N–H and O–H groups in total. The molecule has 30 heavy (non-hydrogen) atoms. The van der Waals surface area contributed by atoms with Crippen LogP contribution in [0, 0.1) is 6.92 Å². The monoisotopic (exact) mass is 483 g/mol. The van der Waals surface area contributed by atoms with Crippen LogP contribution in [0.4, 0.5) is 18.9 Å². The highest BCUT2D eigenvalue weighted by Crippen LogP contribution is 2.39. The third-order valence-electron chi connectivity index (χ3n) is 4.34. The van der Waals surface area contributed by atoms with E-state index in [1.807, 2.05) is 20.8 Å². The Balaban J connectivity index is 2.49. The Morgan fingerprint density at radius 1 is 1.07 bits per heavy atom. The molecule has 11 heteroatoms. The highest BCUT2D eigenvalue weighted by atomic mass is 35.5. The number of phenols is 1. The van der Waals surface area contributed by atoms with Crippen molar-refractivity contribution in [3.63, 3.8) is 0 Å². The van der Waals surface area contributed by atoms with E-state index in [-0.39, 0.29) is 27.6 Å². The summed E-state index contributed by atoms with van der Waals surface area (Å²) in [7, 11) is -5.59. The first-order chi connectivity index (χ1) is 13.5. The fourth-order valence-electron chi connectivity index (χ4n) is 2.67. The maximum absolute atomic E-state index is 12.8. The van der Waals surface area contributed by atoms with Gasteiger partial charge in [-0.25, -0.2) is 8.42 Å². The number of nitrogens with one attached hydrogen (secondary N) is 1. The first-order valence-corrected chi connectivity index (χ1v) is 10.7. The number of anilines is 1. The van der Waals surface area contributed by atoms with Crippen molar-refractivity contribution < 1.29 is 31.5 Å². The Kier molecular flexibility index (Phi) is 6.43. The molecular weight excluding hydrogens is 466 g/mol. The van der Waals surface area contributed by atoms with Crippen LogP contribution in [0.5, 0.6) is 5.75 Å². The summed E-state index contributed by atoms with van der Waals surface area (Å²) in [5, 5.41) is 12.8. The Hall–Kier alpha value is -1.97. The van der Waals surface area contributed by atoms with Gasteiger partial charge in [0.1, 0.15) is 5.75 Å². The van der Waals surface area contributed by atoms with E-state index < -0.39 is 36.6 Å². The SMILES string of the molecule is Cc1c(Cl)cc(C(C)(C)C)c(O)c1C(=O)Nc1ccc(S(=O)(=O)C(F)(F)F)cc1Cl. The maximum atomic E-state index is 12.8. The highest BCUT2D eigenvalue weighted by Gasteiger charge is 2.47. The zero-order valence-corrected chi connectivity index (χ0v) is 18.6. The molecule has 0 heterocycles. The van der Waals surface area contributed by atoms with Crippen LogP contribution in [-0.4, -0.2) is 24.9 Å². The fourth-order valence-corrected chi connectivity index (χ4v) is 3.95. The van der Waals surface area contributed by atoms with Gasteiger partial charge in [-0.05, 0) is 42.2 Å². The van der Waals surface area contributed by atoms with Gasteiger partial charge in [-0.15, -0.1) is 0 Å². The molecule has 1 amide bonds. The molecule has 0 aliphatic heterocycles. The fraction of sp³-hybridized carbons (Fsp3) is 0.316. The number of amides is 1. The maximum Gasteiger partial charge on any atom is 0.501 e. The number of rotatable bonds is 3. The lowest BCUT2D eigenvalue weighted by molar-refractivity contribution is -0.0436. The first kappa shape index (κ1) is 24.3. The summed E-state index contributed by atoms with van der Waals surface area (Å²) in [5.74, 6) is -1.11. The number of benzene rings is 2. The van der Waals surface area contributed by atoms with E-state index in [1.165, 1.54) is 6.92 Å². The molecule has 0 saturated carbocycles. The molecule has 2 aromatic carbocycles. The van der Waals surface area contributed by atoms with Crippen LogP contribution >= 0.6 is 23.2 Å². The van der Waals surface area contributed by atoms with Crippen molar-refractivity contribution in [3.8, 4) is 5.75 Å². The van der Waals surface area contributed by atoms with Crippen molar-refractivity contribution in [1.82, 2.24) is 0 Å². The molecule has 0 saturated heterocycles. The zero-order valence-electron chi connectivity index (χ0n) is 16.3. The number of carbonyl (C=O) groups excluding carboxylic acids is 1. The van der Waals surface area contributed by atoms with E-state index in [4.69, 9.17) is 23.2 Å². The van der Waals surface area contributed by atoms with E-state index in [1.54, 1.807) is 6.07 Å². The summed E-state index contributed by atoms with van der Waals surface area (Å²) in [6.07, 6.45) is 0. The summed E-state index contributed by atoms with van der Waals surface area (Å²) < 4.78 is 61.1. The average molecular weight is 484 g/mol. The van der Waals surface area contributed by atoms with Gasteiger partial charge in [0.2, 0.25) is 0 Å². The Labute approximate surface area is 181 Å². The van der Waals surface area contributed by atoms with Gasteiger partial charge in [0.15, 0.2) is 0 Å². The molecule has 0 atom stereocenters. The summed E-state index contributed by atoms with van der Waals surface area (Å²) >= 11 is 12.1. The number of hydrogen-bond acceptors (Lipinski definition) is 4. The number of halogens is 5. The standard InChI is InChI=1S/C19H18Cl2F3NO4S/c1-9-12(20)8-11(18(2,3)4)16(26)15(9)17(27)25-14-6-5-10(7-13(14)21)30(28,29)19(22,23)24/h5-8,26H,1-4H3,(H,25,27). The summed E-state index contributed by atoms with van der Waals surface area (Å²) in [5.41, 5.74) is -5.60. The lowest BCUT2D eigenvalue weighted by Crippen LogP contribution is -2.23. The van der Waals surface area contributed by atoms with Gasteiger partial charge in [-0.2, -0.15) is 13.2 Å². The van der Waals surface area contributed by atoms with Crippen LogP contribution in [0.2, 0.25) is 10.0 Å². The lowest BCUT2D eigenvalue weighted by atomic mass is 9.84. The number of aromatic hydroxyl groups is 1. The van der Waals surface area contributed by atoms with Crippen LogP contribution < -0.4 is 5.32 Å². The molecule has 0 aliphatic carbocycles. The quantitative estimate of drug-likeness (QED) is 0.573. The Morgan fingerprint density at radius 3 is 2.10 bits per heavy atom. The van der Waals surface area contributed by atoms with Gasteiger partial charge in [0.25, 0.3) is 15.7 Å². The van der Waals surface area contributed by atoms with Crippen molar-refractivity contribution in [1.29, 1.82) is 0 Å². The normalized spacial score (nSPS) is 12.7. The Morgan fingerprint density at radius 2 is 1.63 bits per heavy atom. The number of sulfone groups is 1. The molecule has 0 bridgehead atoms. The van der Waals surface area contributed by atoms with Crippen LogP contribution in [0.25, 0.3) is 0 Å². The lowest BCUT2D eigenvalue weighted by Gasteiger charge is -2.23. The third kappa shape index (κ3) is 4.53. The highest BCUT2D eigenvalue weighted by molar-refractivity contribution is 7.92. The molecule has 5 nitrogen and oxygen atoms in total. The van der Waals surface area contributed by atoms with Gasteiger partial charge in [0, 0.05) is 10.6 Å². The molecule has 164 valence electrons. The molecular formula is C19H18Cl2F3NO4S. The third-order valence-corrected chi connectivity index (χ3v) is 6.52. The van der Waals surface area contributed by atoms with Crippen molar-refractivity contribution in [2.45, 2.75) is 43.5 Å². The minimum Gasteiger partial charge on any atom is -0.507 e. The molecule has 0 spiro atoms. The van der Waals surface area contributed by atoms with Gasteiger partial charge in [-0.3, -0.25) is 4.79 Å². The molecule has 0 fully saturated rings. The number of alkyl halides is 3. The van der Waals surface area contributed by atoms with E-state index in [0.717, 1.165) is 6.07 Å². The second-order valence-corrected chi connectivity index (χ2v) is 10.3. The van der Waals surface area contributed by atoms with Crippen LogP contribution in [-0.2, 0) is 15.3 Å². The predicted molar refractivity (Wildman–Crippen MR) is 109 cm³/mol. The summed E-state index contributed by atoms with van der Waals surface area (Å²) in [6, 6.07) is 3.74. The van der Waals surface area contributed by atoms with E-state index >= 15 is 0 Å². The number of carbonyl (C=O) groups is 1. The van der Waals surface area contributed by atoms with Crippen LogP contribution in [0.15, 0.2) is 29.2 Å². The van der Waals surface area contributed by atoms with Gasteiger partial charge < -0.3 is 10.4 Å². The Bertz CT molecular complexity index is 1120. The second-order valence-electron chi connectivity index (χ2n) is 7.55. The van der Waals surface area contributed by atoms with E-state index in [0.29, 0.717) is 17.7 Å². The molecule has 0 aromatic heterocycles. The second kappa shape index (κ2) is 7.94. The number of hydrogen-bond donors (Lipinski definition) is 2. The molecule has 0 unspecified atom stereocenters. The minimum atomic E-state index is -5.59. The largest absolute Gasteiger partial charge is 0.507 e. The smallest absolute Gasteiger partial charge is 0.501 e. The van der Waals surface area contributed by atoms with E-state index in [9.17, 15) is 31.5 Å². The van der Waals surface area contributed by atoms with Gasteiger partial charge in [0.05, 0.1) is 21.2 Å². The molecule has 2 aromatic rings. The molecule has 0 radical (unpaired) electrons. The van der Waals surface area contributed by atoms with Crippen LogP contribution in [0.3, 0.4) is 0 Å². The van der Waals surface area contributed by atoms with Gasteiger partial charge >= 0.3 is 5.51 Å². The molecule has 0 aliphatic rings. The predicted octanol–water partition coefficient (Wildman–Crippen LogP) is 5.85. The van der Waals surface area contributed by atoms with Crippen molar-refractivity contribution in [2.75, 3.05) is 5.32 Å². The number of phenolic OH excluding ortho intramolecular Hbond substituents is 1. The zero-order chi connectivity index (χ0) is 23.2. The van der Waals surface area contributed by atoms with Gasteiger partial charge in [-0.1, -0.05) is 44.0 Å². The summed E-state index contributed by atoms with van der Waals surface area (Å²) in [6.45, 7) is 6.95. The summed E-state index contributed by atoms with van der Waals surface area (Å²) in [4.78, 5) is 11.7. The van der Waals surface area contributed by atoms with E-state index in [2.05, 4.69) is 5.32 Å².